The van der Waals surface area contributed by atoms with Crippen LogP contribution in [0.25, 0.3) is 0 Å². The third-order valence-corrected chi connectivity index (χ3v) is 3.36. The highest BCUT2D eigenvalue weighted by molar-refractivity contribution is 7.09. The molecule has 0 unspecified atom stereocenters. The Kier molecular flexibility index (Phi) is 2.84. The van der Waals surface area contributed by atoms with Crippen LogP contribution in [-0.2, 0) is 13.0 Å². The van der Waals surface area contributed by atoms with Gasteiger partial charge in [0.05, 0.1) is 11.2 Å². The first-order valence-corrected chi connectivity index (χ1v) is 5.63. The van der Waals surface area contributed by atoms with Crippen molar-refractivity contribution in [2.75, 3.05) is 0 Å². The van der Waals surface area contributed by atoms with Crippen LogP contribution in [0, 0.1) is 18.3 Å². The summed E-state index contributed by atoms with van der Waals surface area (Å²) in [7, 11) is 0. The number of nitrogens with zero attached hydrogens (tertiary/aromatic N) is 3. The number of nitriles is 1. The van der Waals surface area contributed by atoms with Crippen molar-refractivity contribution in [1.29, 1.82) is 5.26 Å². The predicted molar refractivity (Wildman–Crippen MR) is 59.7 cm³/mol. The molecule has 2 heterocycles. The van der Waals surface area contributed by atoms with Gasteiger partial charge in [-0.25, -0.2) is 4.98 Å². The standard InChI is InChI=1S/C11H11N3S/c1-9-11(15-8-13-9)4-6-14-5-2-3-10(14)7-12/h2-3,5,8H,4,6H2,1H3. The minimum Gasteiger partial charge on any atom is -0.339 e. The topological polar surface area (TPSA) is 41.6 Å². The van der Waals surface area contributed by atoms with Crippen LogP contribution in [0.1, 0.15) is 16.3 Å². The average molecular weight is 217 g/mol. The summed E-state index contributed by atoms with van der Waals surface area (Å²) in [6.07, 6.45) is 2.88. The van der Waals surface area contributed by atoms with Gasteiger partial charge in [0.25, 0.3) is 0 Å². The molecule has 0 saturated carbocycles. The van der Waals surface area contributed by atoms with Gasteiger partial charge in [0.1, 0.15) is 11.8 Å². The zero-order valence-electron chi connectivity index (χ0n) is 8.47. The van der Waals surface area contributed by atoms with Crippen LogP contribution in [0.3, 0.4) is 0 Å². The minimum atomic E-state index is 0.720. The number of aromatic nitrogens is 2. The molecule has 0 spiro atoms. The molecule has 0 aliphatic carbocycles. The van der Waals surface area contributed by atoms with E-state index in [9.17, 15) is 0 Å². The molecule has 0 atom stereocenters. The summed E-state index contributed by atoms with van der Waals surface area (Å²) in [5.41, 5.74) is 3.69. The van der Waals surface area contributed by atoms with Gasteiger partial charge in [-0.3, -0.25) is 0 Å². The quantitative estimate of drug-likeness (QED) is 0.792. The lowest BCUT2D eigenvalue weighted by atomic mass is 10.3. The van der Waals surface area contributed by atoms with E-state index in [4.69, 9.17) is 5.26 Å². The molecule has 0 radical (unpaired) electrons. The maximum atomic E-state index is 8.84. The zero-order chi connectivity index (χ0) is 10.7. The van der Waals surface area contributed by atoms with E-state index < -0.39 is 0 Å². The highest BCUT2D eigenvalue weighted by Crippen LogP contribution is 2.14. The van der Waals surface area contributed by atoms with Crippen molar-refractivity contribution in [3.05, 3.63) is 40.1 Å². The number of thiazole rings is 1. The van der Waals surface area contributed by atoms with Gasteiger partial charge in [-0.15, -0.1) is 11.3 Å². The lowest BCUT2D eigenvalue weighted by molar-refractivity contribution is 0.696. The Bertz CT molecular complexity index is 490. The largest absolute Gasteiger partial charge is 0.339 e. The molecule has 0 amide bonds. The van der Waals surface area contributed by atoms with Crippen molar-refractivity contribution in [3.8, 4) is 6.07 Å². The lowest BCUT2D eigenvalue weighted by Crippen LogP contribution is -2.01. The summed E-state index contributed by atoms with van der Waals surface area (Å²) in [4.78, 5) is 5.50. The van der Waals surface area contributed by atoms with Gasteiger partial charge in [0, 0.05) is 24.0 Å². The molecule has 0 saturated heterocycles. The number of hydrogen-bond donors (Lipinski definition) is 0. The maximum absolute atomic E-state index is 8.84. The monoisotopic (exact) mass is 217 g/mol. The predicted octanol–water partition coefficient (Wildman–Crippen LogP) is 2.37. The highest BCUT2D eigenvalue weighted by Gasteiger charge is 2.03. The fourth-order valence-corrected chi connectivity index (χ4v) is 2.27. The van der Waals surface area contributed by atoms with Crippen LogP contribution >= 0.6 is 11.3 Å². The van der Waals surface area contributed by atoms with E-state index in [0.717, 1.165) is 24.4 Å². The van der Waals surface area contributed by atoms with E-state index >= 15 is 0 Å². The Morgan fingerprint density at radius 2 is 2.47 bits per heavy atom. The van der Waals surface area contributed by atoms with Gasteiger partial charge in [0.15, 0.2) is 0 Å². The van der Waals surface area contributed by atoms with E-state index in [2.05, 4.69) is 11.1 Å². The molecule has 2 aromatic rings. The first kappa shape index (κ1) is 9.94. The van der Waals surface area contributed by atoms with E-state index in [0.29, 0.717) is 0 Å². The van der Waals surface area contributed by atoms with Crippen LogP contribution in [0.4, 0.5) is 0 Å². The van der Waals surface area contributed by atoms with Crippen LogP contribution in [-0.4, -0.2) is 9.55 Å². The third-order valence-electron chi connectivity index (χ3n) is 2.37. The molecule has 3 nitrogen and oxygen atoms in total. The number of rotatable bonds is 3. The maximum Gasteiger partial charge on any atom is 0.120 e. The lowest BCUT2D eigenvalue weighted by Gasteiger charge is -2.03. The first-order chi connectivity index (χ1) is 7.31. The summed E-state index contributed by atoms with van der Waals surface area (Å²) in [5, 5.41) is 8.84. The summed E-state index contributed by atoms with van der Waals surface area (Å²) in [5.74, 6) is 0. The molecule has 2 aromatic heterocycles. The Balaban J connectivity index is 2.06. The van der Waals surface area contributed by atoms with E-state index in [1.165, 1.54) is 4.88 Å². The summed E-state index contributed by atoms with van der Waals surface area (Å²) < 4.78 is 1.97. The van der Waals surface area contributed by atoms with Crippen molar-refractivity contribution >= 4 is 11.3 Å². The molecule has 2 rings (SSSR count). The van der Waals surface area contributed by atoms with Crippen LogP contribution in [0.5, 0.6) is 0 Å². The highest BCUT2D eigenvalue weighted by atomic mass is 32.1. The van der Waals surface area contributed by atoms with E-state index in [1.54, 1.807) is 11.3 Å². The Morgan fingerprint density at radius 3 is 3.13 bits per heavy atom. The molecule has 76 valence electrons. The Hall–Kier alpha value is -1.60. The summed E-state index contributed by atoms with van der Waals surface area (Å²) in [6, 6.07) is 5.90. The van der Waals surface area contributed by atoms with Crippen LogP contribution in [0.2, 0.25) is 0 Å². The molecule has 0 aliphatic heterocycles. The molecule has 0 fully saturated rings. The second kappa shape index (κ2) is 4.28. The van der Waals surface area contributed by atoms with Crippen molar-refractivity contribution in [2.24, 2.45) is 0 Å². The Labute approximate surface area is 92.6 Å². The Morgan fingerprint density at radius 1 is 1.60 bits per heavy atom. The average Bonchev–Trinajstić information content (AvgIpc) is 2.83. The SMILES string of the molecule is Cc1ncsc1CCn1cccc1C#N. The van der Waals surface area contributed by atoms with Gasteiger partial charge in [0.2, 0.25) is 0 Å². The van der Waals surface area contributed by atoms with Crippen LogP contribution < -0.4 is 0 Å². The summed E-state index contributed by atoms with van der Waals surface area (Å²) in [6.45, 7) is 2.87. The van der Waals surface area contributed by atoms with E-state index in [1.807, 2.05) is 35.3 Å². The van der Waals surface area contributed by atoms with Crippen molar-refractivity contribution < 1.29 is 0 Å². The molecule has 0 bridgehead atoms. The van der Waals surface area contributed by atoms with Gasteiger partial charge in [-0.1, -0.05) is 0 Å². The number of aryl methyl sites for hydroxylation is 3. The second-order valence-corrected chi connectivity index (χ2v) is 4.25. The normalized spacial score (nSPS) is 10.1. The second-order valence-electron chi connectivity index (χ2n) is 3.31. The molecule has 15 heavy (non-hydrogen) atoms. The molecule has 0 N–H and O–H groups in total. The van der Waals surface area contributed by atoms with E-state index in [-0.39, 0.29) is 0 Å². The third kappa shape index (κ3) is 2.08. The molecule has 0 aliphatic rings. The van der Waals surface area contributed by atoms with Crippen molar-refractivity contribution in [2.45, 2.75) is 19.9 Å². The van der Waals surface area contributed by atoms with Crippen molar-refractivity contribution in [3.63, 3.8) is 0 Å². The zero-order valence-corrected chi connectivity index (χ0v) is 9.29. The minimum absolute atomic E-state index is 0.720. The fraction of sp³-hybridized carbons (Fsp3) is 0.273. The first-order valence-electron chi connectivity index (χ1n) is 4.75. The fourth-order valence-electron chi connectivity index (χ4n) is 1.50. The molecular weight excluding hydrogens is 206 g/mol. The van der Waals surface area contributed by atoms with Gasteiger partial charge < -0.3 is 4.57 Å². The van der Waals surface area contributed by atoms with Gasteiger partial charge in [-0.05, 0) is 19.1 Å². The van der Waals surface area contributed by atoms with Crippen molar-refractivity contribution in [1.82, 2.24) is 9.55 Å². The smallest absolute Gasteiger partial charge is 0.120 e. The molecule has 4 heteroatoms. The number of hydrogen-bond acceptors (Lipinski definition) is 3. The molecular formula is C11H11N3S. The van der Waals surface area contributed by atoms with Crippen LogP contribution in [0.15, 0.2) is 23.8 Å². The van der Waals surface area contributed by atoms with Gasteiger partial charge >= 0.3 is 0 Å². The summed E-state index contributed by atoms with van der Waals surface area (Å²) >= 11 is 1.68. The van der Waals surface area contributed by atoms with Gasteiger partial charge in [-0.2, -0.15) is 5.26 Å². The molecule has 0 aromatic carbocycles.